The highest BCUT2D eigenvalue weighted by Crippen LogP contribution is 2.43. The molecule has 1 saturated heterocycles. The zero-order valence-corrected chi connectivity index (χ0v) is 25.8. The van der Waals surface area contributed by atoms with Gasteiger partial charge in [-0.25, -0.2) is 28.4 Å². The molecule has 14 nitrogen and oxygen atoms in total. The predicted molar refractivity (Wildman–Crippen MR) is 161 cm³/mol. The minimum atomic E-state index is -3.89. The van der Waals surface area contributed by atoms with Crippen molar-refractivity contribution in [3.05, 3.63) is 46.6 Å². The number of piperazine rings is 1. The van der Waals surface area contributed by atoms with Gasteiger partial charge in [0.25, 0.3) is 5.56 Å². The number of nitrogens with one attached hydrogen (secondary N) is 1. The van der Waals surface area contributed by atoms with E-state index in [4.69, 9.17) is 15.5 Å². The molecule has 3 aromatic rings. The van der Waals surface area contributed by atoms with E-state index in [1.807, 2.05) is 41.7 Å². The van der Waals surface area contributed by atoms with Crippen molar-refractivity contribution < 1.29 is 17.9 Å². The number of aryl methyl sites for hydroxylation is 1. The molecule has 1 fully saturated rings. The first-order valence-electron chi connectivity index (χ1n) is 14.5. The van der Waals surface area contributed by atoms with Gasteiger partial charge in [-0.3, -0.25) is 14.5 Å². The number of H-pyrrole nitrogens is 1. The van der Waals surface area contributed by atoms with Crippen molar-refractivity contribution >= 4 is 27.6 Å². The topological polar surface area (TPSA) is 163 Å². The lowest BCUT2D eigenvalue weighted by molar-refractivity contribution is -0.119. The zero-order valence-electron chi connectivity index (χ0n) is 25.0. The standard InChI is InChI=1S/C28H39N9O5S/c1-5-7-21-24-25(37(34(21)4)28-30-10-11-33(28)3)27(39)32-26(31-24)20-17-19(8-9-22(20)42-16-6-2)43(40,41)36-14-12-35(13-15-36)18-23(29)38/h8-11,17,21H,5-7,12-16,18H2,1-4H3,(H2,29,38)(H,31,32,39). The Bertz CT molecular complexity index is 1650. The number of nitrogens with zero attached hydrogens (tertiary/aromatic N) is 7. The van der Waals surface area contributed by atoms with E-state index in [2.05, 4.69) is 16.9 Å². The number of aromatic amines is 1. The van der Waals surface area contributed by atoms with Crippen LogP contribution in [0.2, 0.25) is 0 Å². The van der Waals surface area contributed by atoms with Crippen LogP contribution in [0.25, 0.3) is 11.4 Å². The van der Waals surface area contributed by atoms with Gasteiger partial charge in [0.1, 0.15) is 17.3 Å². The summed E-state index contributed by atoms with van der Waals surface area (Å²) in [5.41, 5.74) is 6.30. The Labute approximate surface area is 251 Å². The first kappa shape index (κ1) is 30.7. The van der Waals surface area contributed by atoms with E-state index in [0.717, 1.165) is 19.3 Å². The predicted octanol–water partition coefficient (Wildman–Crippen LogP) is 1.59. The Hall–Kier alpha value is -3.79. The Morgan fingerprint density at radius 2 is 1.88 bits per heavy atom. The number of anilines is 2. The normalized spacial score (nSPS) is 18.2. The Morgan fingerprint density at radius 1 is 1.14 bits per heavy atom. The van der Waals surface area contributed by atoms with Crippen LogP contribution in [0.1, 0.15) is 44.8 Å². The summed E-state index contributed by atoms with van der Waals surface area (Å²) in [6.07, 6.45) is 5.83. The minimum absolute atomic E-state index is 0.0645. The van der Waals surface area contributed by atoms with E-state index < -0.39 is 15.9 Å². The van der Waals surface area contributed by atoms with Gasteiger partial charge in [0.15, 0.2) is 0 Å². The maximum Gasteiger partial charge on any atom is 0.277 e. The summed E-state index contributed by atoms with van der Waals surface area (Å²) in [5.74, 6) is 0.789. The quantitative estimate of drug-likeness (QED) is 0.325. The van der Waals surface area contributed by atoms with Crippen LogP contribution in [-0.4, -0.2) is 94.4 Å². The van der Waals surface area contributed by atoms with Gasteiger partial charge >= 0.3 is 0 Å². The van der Waals surface area contributed by atoms with Crippen molar-refractivity contribution in [2.24, 2.45) is 12.8 Å². The number of ether oxygens (including phenoxy) is 1. The first-order valence-corrected chi connectivity index (χ1v) is 15.9. The van der Waals surface area contributed by atoms with Crippen LogP contribution in [0.5, 0.6) is 5.75 Å². The maximum atomic E-state index is 13.8. The molecule has 1 atom stereocenters. The fourth-order valence-corrected chi connectivity index (χ4v) is 7.06. The van der Waals surface area contributed by atoms with Crippen LogP contribution in [-0.2, 0) is 21.9 Å². The highest BCUT2D eigenvalue weighted by atomic mass is 32.2. The van der Waals surface area contributed by atoms with E-state index in [-0.39, 0.29) is 42.0 Å². The van der Waals surface area contributed by atoms with Crippen LogP contribution < -0.4 is 21.0 Å². The molecule has 0 aliphatic carbocycles. The van der Waals surface area contributed by atoms with E-state index in [1.165, 1.54) is 16.4 Å². The van der Waals surface area contributed by atoms with Crippen molar-refractivity contribution in [3.63, 3.8) is 0 Å². The molecule has 232 valence electrons. The lowest BCUT2D eigenvalue weighted by Gasteiger charge is -2.33. The number of fused-ring (bicyclic) bond motifs is 1. The smallest absolute Gasteiger partial charge is 0.277 e. The van der Waals surface area contributed by atoms with Gasteiger partial charge in [-0.1, -0.05) is 20.3 Å². The third-order valence-electron chi connectivity index (χ3n) is 7.78. The molecule has 0 spiro atoms. The number of nitrogens with two attached hydrogens (primary N) is 1. The van der Waals surface area contributed by atoms with Gasteiger partial charge in [0.05, 0.1) is 35.3 Å². The summed E-state index contributed by atoms with van der Waals surface area (Å²) in [5, 5.41) is 3.74. The largest absolute Gasteiger partial charge is 0.493 e. The van der Waals surface area contributed by atoms with Crippen LogP contribution in [0.15, 0.2) is 40.3 Å². The van der Waals surface area contributed by atoms with Crippen molar-refractivity contribution in [1.29, 1.82) is 0 Å². The molecule has 1 unspecified atom stereocenters. The molecule has 1 amide bonds. The second-order valence-corrected chi connectivity index (χ2v) is 12.8. The Morgan fingerprint density at radius 3 is 2.51 bits per heavy atom. The van der Waals surface area contributed by atoms with Gasteiger partial charge in [-0.2, -0.15) is 4.31 Å². The van der Waals surface area contributed by atoms with Crippen molar-refractivity contribution in [2.45, 2.75) is 44.0 Å². The lowest BCUT2D eigenvalue weighted by atomic mass is 10.1. The number of imidazole rings is 1. The number of carbonyl (C=O) groups excluding carboxylic acids is 1. The number of hydrogen-bond acceptors (Lipinski definition) is 10. The van der Waals surface area contributed by atoms with Crippen molar-refractivity contribution in [1.82, 2.24) is 33.7 Å². The van der Waals surface area contributed by atoms with Crippen molar-refractivity contribution in [3.8, 4) is 17.1 Å². The van der Waals surface area contributed by atoms with Crippen LogP contribution in [0.4, 0.5) is 11.6 Å². The molecule has 0 bridgehead atoms. The zero-order chi connectivity index (χ0) is 30.9. The highest BCUT2D eigenvalue weighted by molar-refractivity contribution is 7.89. The summed E-state index contributed by atoms with van der Waals surface area (Å²) in [7, 11) is -0.121. The number of hydrazine groups is 1. The number of primary amides is 1. The number of aromatic nitrogens is 4. The van der Waals surface area contributed by atoms with Gasteiger partial charge in [-0.05, 0) is 31.0 Å². The second kappa shape index (κ2) is 12.4. The molecule has 0 radical (unpaired) electrons. The average molecular weight is 614 g/mol. The van der Waals surface area contributed by atoms with Crippen LogP contribution in [0, 0.1) is 0 Å². The molecule has 2 aliphatic heterocycles. The third-order valence-corrected chi connectivity index (χ3v) is 9.67. The number of amides is 1. The summed E-state index contributed by atoms with van der Waals surface area (Å²) >= 11 is 0. The summed E-state index contributed by atoms with van der Waals surface area (Å²) in [6, 6.07) is 4.46. The molecule has 0 saturated carbocycles. The minimum Gasteiger partial charge on any atom is -0.493 e. The van der Waals surface area contributed by atoms with Crippen LogP contribution >= 0.6 is 0 Å². The Kier molecular flexibility index (Phi) is 8.87. The lowest BCUT2D eigenvalue weighted by Crippen LogP contribution is -2.50. The van der Waals surface area contributed by atoms with Crippen LogP contribution in [0.3, 0.4) is 0 Å². The van der Waals surface area contributed by atoms with Gasteiger partial charge in [-0.15, -0.1) is 0 Å². The summed E-state index contributed by atoms with van der Waals surface area (Å²) in [4.78, 5) is 39.3. The number of hydrogen-bond donors (Lipinski definition) is 2. The first-order chi connectivity index (χ1) is 20.6. The molecular formula is C28H39N9O5S. The number of benzene rings is 1. The molecule has 1 aromatic carbocycles. The molecule has 2 aromatic heterocycles. The second-order valence-electron chi connectivity index (χ2n) is 10.8. The molecular weight excluding hydrogens is 574 g/mol. The number of rotatable bonds is 11. The third kappa shape index (κ3) is 5.89. The molecule has 2 aliphatic rings. The highest BCUT2D eigenvalue weighted by Gasteiger charge is 2.40. The van der Waals surface area contributed by atoms with E-state index in [9.17, 15) is 18.0 Å². The van der Waals surface area contributed by atoms with E-state index >= 15 is 0 Å². The van der Waals surface area contributed by atoms with Crippen molar-refractivity contribution in [2.75, 3.05) is 51.4 Å². The maximum absolute atomic E-state index is 13.8. The molecule has 5 rings (SSSR count). The summed E-state index contributed by atoms with van der Waals surface area (Å²) < 4.78 is 36.7. The van der Waals surface area contributed by atoms with Gasteiger partial charge < -0.3 is 20.0 Å². The molecule has 4 heterocycles. The Balaban J connectivity index is 1.57. The molecule has 3 N–H and O–H groups in total. The molecule has 43 heavy (non-hydrogen) atoms. The van der Waals surface area contributed by atoms with E-state index in [0.29, 0.717) is 48.3 Å². The number of carbonyl (C=O) groups is 1. The number of sulfonamides is 1. The summed E-state index contributed by atoms with van der Waals surface area (Å²) in [6.45, 7) is 5.78. The molecule has 15 heteroatoms. The SMILES string of the molecule is CCCOc1ccc(S(=O)(=O)N2CCN(CC(N)=O)CC2)cc1-c1nc2c(c(=O)[nH]1)N(c1nccn1C)N(C)C2CCC. The fraction of sp³-hybridized carbons (Fsp3) is 0.500. The average Bonchev–Trinajstić information content (AvgIpc) is 3.51. The monoisotopic (exact) mass is 613 g/mol. The van der Waals surface area contributed by atoms with Gasteiger partial charge in [0, 0.05) is 52.7 Å². The van der Waals surface area contributed by atoms with E-state index in [1.54, 1.807) is 17.3 Å². The fourth-order valence-electron chi connectivity index (χ4n) is 5.61. The van der Waals surface area contributed by atoms with Gasteiger partial charge in [0.2, 0.25) is 21.9 Å².